The predicted molar refractivity (Wildman–Crippen MR) is 76.8 cm³/mol. The van der Waals surface area contributed by atoms with E-state index in [-0.39, 0.29) is 11.2 Å². The van der Waals surface area contributed by atoms with Crippen molar-refractivity contribution in [3.05, 3.63) is 0 Å². The van der Waals surface area contributed by atoms with Crippen molar-refractivity contribution in [2.75, 3.05) is 12.4 Å². The first-order valence-electron chi connectivity index (χ1n) is 6.85. The summed E-state index contributed by atoms with van der Waals surface area (Å²) in [6.45, 7) is 8.03. The highest BCUT2D eigenvalue weighted by Gasteiger charge is 2.14. The minimum atomic E-state index is -0.692. The van der Waals surface area contributed by atoms with Crippen LogP contribution in [0.5, 0.6) is 0 Å². The molecule has 2 atom stereocenters. The number of esters is 1. The highest BCUT2D eigenvalue weighted by atomic mass is 32.2. The zero-order chi connectivity index (χ0) is 14.0. The molecule has 4 heteroatoms. The zero-order valence-corrected chi connectivity index (χ0v) is 12.9. The summed E-state index contributed by atoms with van der Waals surface area (Å²) in [6, 6.07) is 0. The van der Waals surface area contributed by atoms with Crippen LogP contribution in [0.3, 0.4) is 0 Å². The Labute approximate surface area is 115 Å². The van der Waals surface area contributed by atoms with Gasteiger partial charge in [-0.05, 0) is 38.4 Å². The van der Waals surface area contributed by atoms with Crippen molar-refractivity contribution in [1.82, 2.24) is 0 Å². The van der Waals surface area contributed by atoms with Crippen LogP contribution in [0.4, 0.5) is 4.39 Å². The Morgan fingerprint density at radius 2 is 1.83 bits per heavy atom. The largest absolute Gasteiger partial charge is 0.465 e. The minimum Gasteiger partial charge on any atom is -0.465 e. The van der Waals surface area contributed by atoms with Crippen molar-refractivity contribution in [3.8, 4) is 0 Å². The molecule has 0 radical (unpaired) electrons. The van der Waals surface area contributed by atoms with Crippen LogP contribution in [0.15, 0.2) is 0 Å². The lowest BCUT2D eigenvalue weighted by Gasteiger charge is -2.12. The topological polar surface area (TPSA) is 26.3 Å². The van der Waals surface area contributed by atoms with Gasteiger partial charge in [-0.25, -0.2) is 4.39 Å². The molecule has 0 aliphatic heterocycles. The lowest BCUT2D eigenvalue weighted by molar-refractivity contribution is -0.143. The number of hydrogen-bond acceptors (Lipinski definition) is 3. The van der Waals surface area contributed by atoms with Crippen LogP contribution in [0.1, 0.15) is 53.4 Å². The quantitative estimate of drug-likeness (QED) is 0.442. The van der Waals surface area contributed by atoms with E-state index < -0.39 is 6.17 Å². The number of ether oxygens (including phenoxy) is 1. The van der Waals surface area contributed by atoms with Gasteiger partial charge in [0.05, 0.1) is 18.0 Å². The summed E-state index contributed by atoms with van der Waals surface area (Å²) < 4.78 is 17.7. The van der Waals surface area contributed by atoms with Gasteiger partial charge in [0.1, 0.15) is 0 Å². The maximum absolute atomic E-state index is 12.5. The summed E-state index contributed by atoms with van der Waals surface area (Å²) in [7, 11) is 0. The van der Waals surface area contributed by atoms with Gasteiger partial charge < -0.3 is 4.74 Å². The van der Waals surface area contributed by atoms with E-state index in [0.717, 1.165) is 25.0 Å². The number of carbonyl (C=O) groups excluding carboxylic acids is 1. The first kappa shape index (κ1) is 17.8. The van der Waals surface area contributed by atoms with E-state index in [0.29, 0.717) is 18.9 Å². The van der Waals surface area contributed by atoms with Gasteiger partial charge in [0.2, 0.25) is 0 Å². The molecule has 0 saturated carbocycles. The van der Waals surface area contributed by atoms with Gasteiger partial charge in [0.15, 0.2) is 0 Å². The number of rotatable bonds is 10. The Hall–Kier alpha value is -0.250. The van der Waals surface area contributed by atoms with Crippen molar-refractivity contribution in [1.29, 1.82) is 0 Å². The first-order chi connectivity index (χ1) is 8.43. The second kappa shape index (κ2) is 10.7. The van der Waals surface area contributed by atoms with Gasteiger partial charge in [-0.15, -0.1) is 11.8 Å². The maximum Gasteiger partial charge on any atom is 0.318 e. The Kier molecular flexibility index (Phi) is 10.5. The van der Waals surface area contributed by atoms with Gasteiger partial charge >= 0.3 is 5.97 Å². The van der Waals surface area contributed by atoms with Crippen molar-refractivity contribution < 1.29 is 13.9 Å². The summed E-state index contributed by atoms with van der Waals surface area (Å²) in [5.74, 6) is 1.21. The molecule has 0 saturated heterocycles. The Morgan fingerprint density at radius 1 is 1.17 bits per heavy atom. The van der Waals surface area contributed by atoms with Crippen LogP contribution in [0.2, 0.25) is 0 Å². The third-order valence-electron chi connectivity index (χ3n) is 2.50. The van der Waals surface area contributed by atoms with Crippen LogP contribution in [-0.2, 0) is 9.53 Å². The average molecular weight is 278 g/mol. The second-order valence-electron chi connectivity index (χ2n) is 5.17. The van der Waals surface area contributed by atoms with Crippen molar-refractivity contribution in [2.45, 2.75) is 64.8 Å². The van der Waals surface area contributed by atoms with E-state index in [1.807, 2.05) is 20.8 Å². The molecule has 0 fully saturated rings. The predicted octanol–water partition coefficient (Wildman–Crippen LogP) is 4.23. The average Bonchev–Trinajstić information content (AvgIpc) is 2.29. The van der Waals surface area contributed by atoms with Gasteiger partial charge in [0, 0.05) is 0 Å². The van der Waals surface area contributed by atoms with Crippen molar-refractivity contribution >= 4 is 17.7 Å². The van der Waals surface area contributed by atoms with Crippen LogP contribution >= 0.6 is 11.8 Å². The van der Waals surface area contributed by atoms with Gasteiger partial charge in [0.25, 0.3) is 0 Å². The van der Waals surface area contributed by atoms with Crippen molar-refractivity contribution in [2.24, 2.45) is 5.92 Å². The smallest absolute Gasteiger partial charge is 0.318 e. The molecule has 0 heterocycles. The molecular formula is C14H27FO2S. The molecule has 0 aliphatic carbocycles. The SMILES string of the molecule is CC(C)COC(=O)C(C)SCCCCCC(C)F. The summed E-state index contributed by atoms with van der Waals surface area (Å²) in [5.41, 5.74) is 0. The van der Waals surface area contributed by atoms with Gasteiger partial charge in [-0.3, -0.25) is 4.79 Å². The molecule has 0 rings (SSSR count). The van der Waals surface area contributed by atoms with Crippen LogP contribution < -0.4 is 0 Å². The molecule has 18 heavy (non-hydrogen) atoms. The summed E-state index contributed by atoms with van der Waals surface area (Å²) in [4.78, 5) is 11.6. The fourth-order valence-corrected chi connectivity index (χ4v) is 2.33. The van der Waals surface area contributed by atoms with E-state index in [9.17, 15) is 9.18 Å². The Balaban J connectivity index is 3.46. The molecule has 0 N–H and O–H groups in total. The summed E-state index contributed by atoms with van der Waals surface area (Å²) in [5, 5.41) is -0.0937. The molecule has 0 aromatic rings. The Morgan fingerprint density at radius 3 is 2.39 bits per heavy atom. The standard InChI is InChI=1S/C14H27FO2S/c1-11(2)10-17-14(16)13(4)18-9-7-5-6-8-12(3)15/h11-13H,5-10H2,1-4H3. The van der Waals surface area contributed by atoms with Crippen LogP contribution in [0.25, 0.3) is 0 Å². The van der Waals surface area contributed by atoms with E-state index in [1.54, 1.807) is 18.7 Å². The normalized spacial score (nSPS) is 14.6. The molecule has 0 spiro atoms. The number of carbonyl (C=O) groups is 1. The lowest BCUT2D eigenvalue weighted by Crippen LogP contribution is -2.19. The zero-order valence-electron chi connectivity index (χ0n) is 12.1. The Bertz CT molecular complexity index is 220. The maximum atomic E-state index is 12.5. The molecule has 0 aromatic heterocycles. The number of alkyl halides is 1. The summed E-state index contributed by atoms with van der Waals surface area (Å²) in [6.07, 6.45) is 2.97. The first-order valence-corrected chi connectivity index (χ1v) is 7.90. The van der Waals surface area contributed by atoms with Crippen LogP contribution in [0, 0.1) is 5.92 Å². The fraction of sp³-hybridized carbons (Fsp3) is 0.929. The number of thioether (sulfide) groups is 1. The van der Waals surface area contributed by atoms with Gasteiger partial charge in [-0.1, -0.05) is 26.7 Å². The van der Waals surface area contributed by atoms with Crippen molar-refractivity contribution in [3.63, 3.8) is 0 Å². The summed E-state index contributed by atoms with van der Waals surface area (Å²) >= 11 is 1.63. The molecule has 0 aromatic carbocycles. The molecule has 0 aliphatic rings. The van der Waals surface area contributed by atoms with E-state index in [2.05, 4.69) is 0 Å². The molecule has 0 bridgehead atoms. The van der Waals surface area contributed by atoms with E-state index in [4.69, 9.17) is 4.74 Å². The molecule has 0 amide bonds. The fourth-order valence-electron chi connectivity index (χ4n) is 1.40. The van der Waals surface area contributed by atoms with E-state index in [1.165, 1.54) is 0 Å². The molecule has 2 unspecified atom stereocenters. The number of unbranched alkanes of at least 4 members (excludes halogenated alkanes) is 2. The van der Waals surface area contributed by atoms with Crippen LogP contribution in [-0.4, -0.2) is 29.8 Å². The minimum absolute atomic E-state index is 0.0937. The number of hydrogen-bond donors (Lipinski definition) is 0. The molecule has 108 valence electrons. The highest BCUT2D eigenvalue weighted by Crippen LogP contribution is 2.16. The van der Waals surface area contributed by atoms with E-state index >= 15 is 0 Å². The monoisotopic (exact) mass is 278 g/mol. The molecular weight excluding hydrogens is 251 g/mol. The second-order valence-corrected chi connectivity index (χ2v) is 6.62. The van der Waals surface area contributed by atoms with Gasteiger partial charge in [-0.2, -0.15) is 0 Å². The lowest BCUT2D eigenvalue weighted by atomic mass is 10.1. The highest BCUT2D eigenvalue weighted by molar-refractivity contribution is 8.00. The molecule has 2 nitrogen and oxygen atoms in total. The third kappa shape index (κ3) is 10.9. The number of halogens is 1. The third-order valence-corrected chi connectivity index (χ3v) is 3.72.